The second kappa shape index (κ2) is 9.30. The maximum atomic E-state index is 6.11. The first-order chi connectivity index (χ1) is 11.2. The van der Waals surface area contributed by atoms with Crippen molar-refractivity contribution >= 4 is 28.7 Å². The van der Waals surface area contributed by atoms with Gasteiger partial charge in [-0.1, -0.05) is 63.0 Å². The minimum Gasteiger partial charge on any atom is -0.385 e. The molecule has 0 saturated heterocycles. The lowest BCUT2D eigenvalue weighted by atomic mass is 10.1. The second-order valence-electron chi connectivity index (χ2n) is 5.73. The number of amidine groups is 1. The zero-order valence-electron chi connectivity index (χ0n) is 13.7. The summed E-state index contributed by atoms with van der Waals surface area (Å²) in [5.41, 5.74) is 7.09. The van der Waals surface area contributed by atoms with Crippen LogP contribution in [0, 0.1) is 5.92 Å². The fraction of sp³-hybridized carbons (Fsp3) is 0.444. The van der Waals surface area contributed by atoms with Crippen molar-refractivity contribution in [3.63, 3.8) is 0 Å². The first-order valence-electron chi connectivity index (χ1n) is 8.36. The lowest BCUT2D eigenvalue weighted by Gasteiger charge is -2.24. The monoisotopic (exact) mass is 330 g/mol. The zero-order valence-corrected chi connectivity index (χ0v) is 14.6. The number of benzene rings is 1. The van der Waals surface area contributed by atoms with Gasteiger partial charge in [0.1, 0.15) is 5.84 Å². The Bertz CT molecular complexity index is 553. The molecule has 0 bridgehead atoms. The van der Waals surface area contributed by atoms with Gasteiger partial charge in [0.05, 0.1) is 16.6 Å². The number of rotatable bonds is 8. The van der Waals surface area contributed by atoms with Gasteiger partial charge < -0.3 is 11.1 Å². The summed E-state index contributed by atoms with van der Waals surface area (Å²) in [6, 6.07) is 9.92. The number of thiocarbonyl (C=S) groups is 1. The maximum Gasteiger partial charge on any atom is 0.134 e. The van der Waals surface area contributed by atoms with Crippen molar-refractivity contribution in [2.45, 2.75) is 39.0 Å². The molecule has 4 nitrogen and oxygen atoms in total. The van der Waals surface area contributed by atoms with Crippen molar-refractivity contribution in [1.82, 2.24) is 5.32 Å². The van der Waals surface area contributed by atoms with Gasteiger partial charge in [-0.25, -0.2) is 5.01 Å². The number of para-hydroxylation sites is 1. The normalized spacial score (nSPS) is 17.0. The van der Waals surface area contributed by atoms with Gasteiger partial charge in [-0.3, -0.25) is 0 Å². The van der Waals surface area contributed by atoms with Crippen LogP contribution >= 0.6 is 12.2 Å². The number of hydrazone groups is 1. The van der Waals surface area contributed by atoms with E-state index in [0.717, 1.165) is 23.6 Å². The topological polar surface area (TPSA) is 53.6 Å². The molecule has 1 aliphatic heterocycles. The van der Waals surface area contributed by atoms with Crippen LogP contribution in [0.5, 0.6) is 0 Å². The summed E-state index contributed by atoms with van der Waals surface area (Å²) in [7, 11) is 0. The summed E-state index contributed by atoms with van der Waals surface area (Å²) in [5, 5.41) is 9.53. The minimum atomic E-state index is -0.111. The molecule has 1 atom stereocenters. The highest BCUT2D eigenvalue weighted by Crippen LogP contribution is 2.19. The van der Waals surface area contributed by atoms with Gasteiger partial charge in [0.15, 0.2) is 0 Å². The van der Waals surface area contributed by atoms with Crippen LogP contribution in [0.2, 0.25) is 0 Å². The zero-order chi connectivity index (χ0) is 16.5. The fourth-order valence-corrected chi connectivity index (χ4v) is 2.78. The Morgan fingerprint density at radius 1 is 1.22 bits per heavy atom. The van der Waals surface area contributed by atoms with E-state index >= 15 is 0 Å². The Morgan fingerprint density at radius 3 is 2.65 bits per heavy atom. The van der Waals surface area contributed by atoms with Gasteiger partial charge in [-0.2, -0.15) is 5.10 Å². The second-order valence-corrected chi connectivity index (χ2v) is 6.17. The van der Waals surface area contributed by atoms with Crippen LogP contribution in [0.15, 0.2) is 47.7 Å². The number of unbranched alkanes of at least 4 members (excludes halogenated alkanes) is 4. The predicted octanol–water partition coefficient (Wildman–Crippen LogP) is 3.80. The van der Waals surface area contributed by atoms with E-state index in [9.17, 15) is 0 Å². The maximum absolute atomic E-state index is 6.11. The molecule has 0 fully saturated rings. The van der Waals surface area contributed by atoms with Crippen LogP contribution in [-0.2, 0) is 0 Å². The number of hydrogen-bond acceptors (Lipinski definition) is 4. The fourth-order valence-electron chi connectivity index (χ4n) is 2.48. The van der Waals surface area contributed by atoms with E-state index in [1.54, 1.807) is 5.01 Å². The van der Waals surface area contributed by atoms with Gasteiger partial charge in [-0.05, 0) is 24.6 Å². The Labute approximate surface area is 144 Å². The van der Waals surface area contributed by atoms with E-state index in [2.05, 4.69) is 17.3 Å². The molecule has 1 aliphatic rings. The Balaban J connectivity index is 1.81. The third-order valence-electron chi connectivity index (χ3n) is 3.84. The van der Waals surface area contributed by atoms with Gasteiger partial charge in [0.2, 0.25) is 0 Å². The van der Waals surface area contributed by atoms with E-state index in [1.165, 1.54) is 25.7 Å². The van der Waals surface area contributed by atoms with Gasteiger partial charge in [-0.15, -0.1) is 0 Å². The summed E-state index contributed by atoms with van der Waals surface area (Å²) in [5.74, 6) is 0.417. The molecule has 0 aromatic heterocycles. The number of hydrogen-bond donors (Lipinski definition) is 2. The molecular weight excluding hydrogens is 304 g/mol. The van der Waals surface area contributed by atoms with Crippen molar-refractivity contribution in [3.05, 3.63) is 42.6 Å². The molecule has 0 saturated carbocycles. The number of nitrogens with one attached hydrogen (secondary N) is 1. The van der Waals surface area contributed by atoms with Crippen LogP contribution in [-0.4, -0.2) is 17.4 Å². The van der Waals surface area contributed by atoms with E-state index in [-0.39, 0.29) is 5.92 Å². The molecule has 1 heterocycles. The van der Waals surface area contributed by atoms with Crippen molar-refractivity contribution < 1.29 is 0 Å². The van der Waals surface area contributed by atoms with Crippen LogP contribution < -0.4 is 16.1 Å². The molecule has 1 aromatic carbocycles. The Morgan fingerprint density at radius 2 is 1.96 bits per heavy atom. The summed E-state index contributed by atoms with van der Waals surface area (Å²) in [6.45, 7) is 3.13. The highest BCUT2D eigenvalue weighted by Gasteiger charge is 2.20. The molecule has 2 rings (SSSR count). The minimum absolute atomic E-state index is 0.111. The molecule has 0 amide bonds. The summed E-state index contributed by atoms with van der Waals surface area (Å²) >= 11 is 5.47. The van der Waals surface area contributed by atoms with Crippen molar-refractivity contribution in [2.75, 3.05) is 11.6 Å². The molecule has 23 heavy (non-hydrogen) atoms. The third kappa shape index (κ3) is 5.36. The summed E-state index contributed by atoms with van der Waals surface area (Å²) < 4.78 is 0. The smallest absolute Gasteiger partial charge is 0.134 e. The Kier molecular flexibility index (Phi) is 7.07. The van der Waals surface area contributed by atoms with Gasteiger partial charge >= 0.3 is 0 Å². The molecule has 5 heteroatoms. The highest BCUT2D eigenvalue weighted by molar-refractivity contribution is 7.80. The summed E-state index contributed by atoms with van der Waals surface area (Å²) in [6.07, 6.45) is 10.2. The molecule has 0 aliphatic carbocycles. The van der Waals surface area contributed by atoms with E-state index < -0.39 is 0 Å². The van der Waals surface area contributed by atoms with Crippen molar-refractivity contribution in [2.24, 2.45) is 16.8 Å². The molecule has 124 valence electrons. The van der Waals surface area contributed by atoms with E-state index in [4.69, 9.17) is 18.0 Å². The average molecular weight is 331 g/mol. The first-order valence-corrected chi connectivity index (χ1v) is 8.77. The van der Waals surface area contributed by atoms with E-state index in [0.29, 0.717) is 5.84 Å². The molecule has 0 spiro atoms. The molecular formula is C18H26N4S. The van der Waals surface area contributed by atoms with Crippen molar-refractivity contribution in [3.8, 4) is 0 Å². The quantitative estimate of drug-likeness (QED) is 0.562. The standard InChI is InChI=1S/C18H26N4S/c1-2-3-4-5-9-13-20-18(23)16-12-14-22(21-17(16)19)15-10-7-6-8-11-15/h6-8,10-12,14,16H,2-5,9,13H2,1H3,(H2,19,21)(H,20,23). The first kappa shape index (κ1) is 17.5. The van der Waals surface area contributed by atoms with Gasteiger partial charge in [0.25, 0.3) is 0 Å². The number of nitrogens with zero attached hydrogens (tertiary/aromatic N) is 2. The van der Waals surface area contributed by atoms with Crippen LogP contribution in [0.4, 0.5) is 5.69 Å². The largest absolute Gasteiger partial charge is 0.385 e. The molecule has 1 unspecified atom stereocenters. The van der Waals surface area contributed by atoms with Crippen LogP contribution in [0.25, 0.3) is 0 Å². The van der Waals surface area contributed by atoms with Crippen LogP contribution in [0.1, 0.15) is 39.0 Å². The predicted molar refractivity (Wildman–Crippen MR) is 103 cm³/mol. The lowest BCUT2D eigenvalue weighted by molar-refractivity contribution is 0.623. The molecule has 0 radical (unpaired) electrons. The van der Waals surface area contributed by atoms with Crippen LogP contribution in [0.3, 0.4) is 0 Å². The van der Waals surface area contributed by atoms with E-state index in [1.807, 2.05) is 42.6 Å². The van der Waals surface area contributed by atoms with Gasteiger partial charge in [0, 0.05) is 12.7 Å². The van der Waals surface area contributed by atoms with Crippen molar-refractivity contribution in [1.29, 1.82) is 0 Å². The molecule has 3 N–H and O–H groups in total. The number of anilines is 1. The number of nitrogens with two attached hydrogens (primary N) is 1. The third-order valence-corrected chi connectivity index (χ3v) is 4.24. The molecule has 1 aromatic rings. The SMILES string of the molecule is CCCCCCCNC(=S)C1C=CN(c2ccccc2)N=C1N. The average Bonchev–Trinajstić information content (AvgIpc) is 2.58. The Hall–Kier alpha value is -1.88. The summed E-state index contributed by atoms with van der Waals surface area (Å²) in [4.78, 5) is 0.755. The highest BCUT2D eigenvalue weighted by atomic mass is 32.1. The lowest BCUT2D eigenvalue weighted by Crippen LogP contribution is -2.40.